The largest absolute Gasteiger partial charge is 0.400 e. The number of ether oxygens (including phenoxy) is 1. The van der Waals surface area contributed by atoms with E-state index < -0.39 is 0 Å². The van der Waals surface area contributed by atoms with Crippen LogP contribution in [-0.4, -0.2) is 47.9 Å². The molecule has 1 saturated heterocycles. The Bertz CT molecular complexity index is 87.7. The predicted molar refractivity (Wildman–Crippen MR) is 51.6 cm³/mol. The first-order chi connectivity index (χ1) is 6.33. The Hall–Kier alpha value is -0.160. The molecule has 1 rings (SSSR count). The van der Waals surface area contributed by atoms with E-state index in [0.29, 0.717) is 19.4 Å². The van der Waals surface area contributed by atoms with Gasteiger partial charge in [0, 0.05) is 20.1 Å². The van der Waals surface area contributed by atoms with Crippen molar-refractivity contribution in [2.24, 2.45) is 0 Å². The smallest absolute Gasteiger partial charge is 0.0830 e. The maximum atomic E-state index is 9.02. The summed E-state index contributed by atoms with van der Waals surface area (Å²) in [6.45, 7) is 4.60. The number of rotatable bonds is 1. The molecule has 1 aliphatic rings. The average Bonchev–Trinajstić information content (AvgIpc) is 2.24. The van der Waals surface area contributed by atoms with E-state index in [1.54, 1.807) is 0 Å². The summed E-state index contributed by atoms with van der Waals surface area (Å²) in [4.78, 5) is 0. The molecular formula is C9H22O4. The Balaban J connectivity index is 0. The Morgan fingerprint density at radius 3 is 2.15 bits per heavy atom. The molecular weight excluding hydrogens is 172 g/mol. The summed E-state index contributed by atoms with van der Waals surface area (Å²) in [5.41, 5.74) is 0. The molecule has 2 atom stereocenters. The number of aliphatic hydroxyl groups excluding tert-OH is 3. The second-order valence-corrected chi connectivity index (χ2v) is 2.35. The van der Waals surface area contributed by atoms with Crippen LogP contribution in [0, 0.1) is 0 Å². The summed E-state index contributed by atoms with van der Waals surface area (Å²) in [7, 11) is 1.00. The van der Waals surface area contributed by atoms with Gasteiger partial charge >= 0.3 is 0 Å². The molecule has 0 spiro atoms. The van der Waals surface area contributed by atoms with E-state index in [0.717, 1.165) is 7.11 Å². The monoisotopic (exact) mass is 194 g/mol. The van der Waals surface area contributed by atoms with Gasteiger partial charge in [0.1, 0.15) is 0 Å². The van der Waals surface area contributed by atoms with E-state index in [2.05, 4.69) is 0 Å². The van der Waals surface area contributed by atoms with Crippen LogP contribution in [0.25, 0.3) is 0 Å². The van der Waals surface area contributed by atoms with Crippen LogP contribution in [0.4, 0.5) is 0 Å². The normalized spacial score (nSPS) is 26.3. The van der Waals surface area contributed by atoms with Crippen molar-refractivity contribution in [3.05, 3.63) is 0 Å². The van der Waals surface area contributed by atoms with Crippen molar-refractivity contribution in [2.75, 3.05) is 20.3 Å². The Morgan fingerprint density at radius 2 is 1.85 bits per heavy atom. The van der Waals surface area contributed by atoms with Crippen molar-refractivity contribution in [3.8, 4) is 0 Å². The second kappa shape index (κ2) is 11.8. The molecule has 82 valence electrons. The zero-order valence-electron chi connectivity index (χ0n) is 8.73. The number of hydrogen-bond acceptors (Lipinski definition) is 4. The molecule has 0 saturated carbocycles. The molecule has 0 radical (unpaired) electrons. The molecule has 2 unspecified atom stereocenters. The molecule has 4 heteroatoms. The zero-order valence-corrected chi connectivity index (χ0v) is 8.73. The first-order valence-corrected chi connectivity index (χ1v) is 4.68. The van der Waals surface area contributed by atoms with Gasteiger partial charge in [-0.1, -0.05) is 13.8 Å². The van der Waals surface area contributed by atoms with Crippen LogP contribution in [-0.2, 0) is 4.74 Å². The molecule has 0 amide bonds. The fraction of sp³-hybridized carbons (Fsp3) is 1.00. The highest BCUT2D eigenvalue weighted by atomic mass is 16.5. The number of aliphatic hydroxyl groups is 3. The highest BCUT2D eigenvalue weighted by Crippen LogP contribution is 2.12. The van der Waals surface area contributed by atoms with Gasteiger partial charge in [-0.2, -0.15) is 0 Å². The van der Waals surface area contributed by atoms with Gasteiger partial charge in [0.15, 0.2) is 0 Å². The molecule has 0 aliphatic carbocycles. The van der Waals surface area contributed by atoms with Crippen molar-refractivity contribution in [3.63, 3.8) is 0 Å². The van der Waals surface area contributed by atoms with Crippen LogP contribution in [0.5, 0.6) is 0 Å². The van der Waals surface area contributed by atoms with Crippen molar-refractivity contribution in [1.29, 1.82) is 0 Å². The van der Waals surface area contributed by atoms with Crippen LogP contribution >= 0.6 is 0 Å². The standard InChI is InChI=1S/C6H12O3.C2H6.CH4O/c7-4-6-3-5(8)1-2-9-6;2*1-2/h5-8H,1-4H2;1-2H3;2H,1H3. The number of hydrogen-bond donors (Lipinski definition) is 3. The third-order valence-corrected chi connectivity index (χ3v) is 1.54. The quantitative estimate of drug-likeness (QED) is 0.556. The first-order valence-electron chi connectivity index (χ1n) is 4.68. The predicted octanol–water partition coefficient (Wildman–Crippen LogP) is 0.153. The van der Waals surface area contributed by atoms with Gasteiger partial charge in [0.05, 0.1) is 18.8 Å². The molecule has 1 aliphatic heterocycles. The van der Waals surface area contributed by atoms with Gasteiger partial charge in [0.25, 0.3) is 0 Å². The van der Waals surface area contributed by atoms with Gasteiger partial charge in [-0.25, -0.2) is 0 Å². The molecule has 0 bridgehead atoms. The van der Waals surface area contributed by atoms with E-state index in [1.165, 1.54) is 0 Å². The topological polar surface area (TPSA) is 69.9 Å². The summed E-state index contributed by atoms with van der Waals surface area (Å²) in [5, 5.41) is 24.6. The fourth-order valence-electron chi connectivity index (χ4n) is 0.987. The van der Waals surface area contributed by atoms with Gasteiger partial charge in [-0.15, -0.1) is 0 Å². The Kier molecular flexibility index (Phi) is 14.0. The maximum Gasteiger partial charge on any atom is 0.0830 e. The van der Waals surface area contributed by atoms with Crippen LogP contribution in [0.15, 0.2) is 0 Å². The Morgan fingerprint density at radius 1 is 1.31 bits per heavy atom. The molecule has 1 heterocycles. The average molecular weight is 194 g/mol. The molecule has 3 N–H and O–H groups in total. The van der Waals surface area contributed by atoms with E-state index in [-0.39, 0.29) is 18.8 Å². The molecule has 4 nitrogen and oxygen atoms in total. The molecule has 0 aromatic rings. The fourth-order valence-corrected chi connectivity index (χ4v) is 0.987. The lowest BCUT2D eigenvalue weighted by Crippen LogP contribution is -2.31. The van der Waals surface area contributed by atoms with Gasteiger partial charge in [-0.3, -0.25) is 0 Å². The highest BCUT2D eigenvalue weighted by Gasteiger charge is 2.19. The molecule has 13 heavy (non-hydrogen) atoms. The minimum Gasteiger partial charge on any atom is -0.400 e. The van der Waals surface area contributed by atoms with Crippen molar-refractivity contribution < 1.29 is 20.1 Å². The third-order valence-electron chi connectivity index (χ3n) is 1.54. The van der Waals surface area contributed by atoms with Crippen LogP contribution < -0.4 is 0 Å². The lowest BCUT2D eigenvalue weighted by molar-refractivity contribution is -0.0642. The highest BCUT2D eigenvalue weighted by molar-refractivity contribution is 4.68. The SMILES string of the molecule is CC.CO.OCC1CC(O)CCO1. The van der Waals surface area contributed by atoms with Crippen molar-refractivity contribution in [2.45, 2.75) is 38.9 Å². The second-order valence-electron chi connectivity index (χ2n) is 2.35. The van der Waals surface area contributed by atoms with Gasteiger partial charge in [-0.05, 0) is 6.42 Å². The summed E-state index contributed by atoms with van der Waals surface area (Å²) >= 11 is 0. The van der Waals surface area contributed by atoms with Crippen molar-refractivity contribution >= 4 is 0 Å². The Labute approximate surface area is 80.2 Å². The van der Waals surface area contributed by atoms with Crippen LogP contribution in [0.1, 0.15) is 26.7 Å². The molecule has 1 fully saturated rings. The van der Waals surface area contributed by atoms with Crippen LogP contribution in [0.2, 0.25) is 0 Å². The zero-order chi connectivity index (χ0) is 10.7. The van der Waals surface area contributed by atoms with E-state index >= 15 is 0 Å². The maximum absolute atomic E-state index is 9.02. The summed E-state index contributed by atoms with van der Waals surface area (Å²) < 4.78 is 5.09. The minimum absolute atomic E-state index is 0.0249. The first kappa shape index (κ1) is 15.3. The van der Waals surface area contributed by atoms with Crippen molar-refractivity contribution in [1.82, 2.24) is 0 Å². The lowest BCUT2D eigenvalue weighted by atomic mass is 10.1. The van der Waals surface area contributed by atoms with E-state index in [9.17, 15) is 0 Å². The van der Waals surface area contributed by atoms with E-state index in [1.807, 2.05) is 13.8 Å². The summed E-state index contributed by atoms with van der Waals surface area (Å²) in [6.07, 6.45) is 0.886. The van der Waals surface area contributed by atoms with Crippen LogP contribution in [0.3, 0.4) is 0 Å². The lowest BCUT2D eigenvalue weighted by Gasteiger charge is -2.24. The minimum atomic E-state index is -0.268. The van der Waals surface area contributed by atoms with Gasteiger partial charge < -0.3 is 20.1 Å². The van der Waals surface area contributed by atoms with Gasteiger partial charge in [0.2, 0.25) is 0 Å². The third kappa shape index (κ3) is 8.18. The summed E-state index contributed by atoms with van der Waals surface area (Å²) in [6, 6.07) is 0. The molecule has 0 aromatic carbocycles. The van der Waals surface area contributed by atoms with E-state index in [4.69, 9.17) is 20.1 Å². The summed E-state index contributed by atoms with van der Waals surface area (Å²) in [5.74, 6) is 0. The molecule has 0 aromatic heterocycles.